The van der Waals surface area contributed by atoms with Crippen LogP contribution in [0.25, 0.3) is 0 Å². The van der Waals surface area contributed by atoms with Crippen LogP contribution >= 0.6 is 31.9 Å². The van der Waals surface area contributed by atoms with E-state index in [1.807, 2.05) is 0 Å². The van der Waals surface area contributed by atoms with Gasteiger partial charge in [-0.15, -0.1) is 0 Å². The fraction of sp³-hybridized carbons (Fsp3) is 0.143. The molecule has 11 heteroatoms. The minimum Gasteiger partial charge on any atom is -0.461 e. The van der Waals surface area contributed by atoms with E-state index in [1.165, 1.54) is 13.1 Å². The van der Waals surface area contributed by atoms with Crippen LogP contribution in [0.4, 0.5) is 0 Å². The van der Waals surface area contributed by atoms with Crippen molar-refractivity contribution in [1.29, 1.82) is 0 Å². The highest BCUT2D eigenvalue weighted by atomic mass is 79.9. The van der Waals surface area contributed by atoms with Gasteiger partial charge in [0, 0.05) is 35.9 Å². The lowest BCUT2D eigenvalue weighted by molar-refractivity contribution is 0.0518. The molecule has 0 atom stereocenters. The Morgan fingerprint density at radius 3 is 1.72 bits per heavy atom. The predicted molar refractivity (Wildman–Crippen MR) is 152 cm³/mol. The SMILES string of the molecule is CC(=O)c1cccnc1.CCOC(=O)c1cccc(Br)n1.O=C(CC(=O)c1cccc(Br)n1)c1cccnc1. The molecule has 0 aliphatic carbocycles. The summed E-state index contributed by atoms with van der Waals surface area (Å²) in [5.74, 6) is -0.887. The van der Waals surface area contributed by atoms with Gasteiger partial charge in [0.2, 0.25) is 0 Å². The minimum atomic E-state index is -0.390. The third-order valence-electron chi connectivity index (χ3n) is 4.57. The van der Waals surface area contributed by atoms with Crippen LogP contribution < -0.4 is 0 Å². The number of carbonyl (C=O) groups is 4. The van der Waals surface area contributed by atoms with Gasteiger partial charge in [-0.25, -0.2) is 14.8 Å². The number of aromatic nitrogens is 4. The first-order valence-electron chi connectivity index (χ1n) is 11.5. The van der Waals surface area contributed by atoms with Crippen molar-refractivity contribution >= 4 is 55.2 Å². The largest absolute Gasteiger partial charge is 0.461 e. The topological polar surface area (TPSA) is 129 Å². The fourth-order valence-corrected chi connectivity index (χ4v) is 3.42. The Morgan fingerprint density at radius 2 is 1.26 bits per heavy atom. The van der Waals surface area contributed by atoms with Crippen molar-refractivity contribution in [2.75, 3.05) is 6.61 Å². The van der Waals surface area contributed by atoms with Crippen LogP contribution in [0.2, 0.25) is 0 Å². The monoisotopic (exact) mass is 654 g/mol. The zero-order chi connectivity index (χ0) is 28.6. The molecule has 4 aromatic heterocycles. The van der Waals surface area contributed by atoms with E-state index in [2.05, 4.69) is 51.8 Å². The van der Waals surface area contributed by atoms with Gasteiger partial charge in [0.1, 0.15) is 20.6 Å². The van der Waals surface area contributed by atoms with E-state index in [-0.39, 0.29) is 35.4 Å². The van der Waals surface area contributed by atoms with E-state index in [0.717, 1.165) is 0 Å². The smallest absolute Gasteiger partial charge is 0.356 e. The zero-order valence-corrected chi connectivity index (χ0v) is 24.3. The summed E-state index contributed by atoms with van der Waals surface area (Å²) in [6.07, 6.45) is 6.03. The molecule has 0 amide bonds. The molecule has 200 valence electrons. The Bertz CT molecular complexity index is 1400. The lowest BCUT2D eigenvalue weighted by atomic mass is 10.1. The Morgan fingerprint density at radius 1 is 0.718 bits per heavy atom. The number of carbonyl (C=O) groups excluding carboxylic acids is 4. The number of hydrogen-bond acceptors (Lipinski definition) is 9. The first-order chi connectivity index (χ1) is 18.7. The van der Waals surface area contributed by atoms with Crippen molar-refractivity contribution in [2.45, 2.75) is 20.3 Å². The highest BCUT2D eigenvalue weighted by Crippen LogP contribution is 2.10. The molecular weight excluding hydrogens is 632 g/mol. The van der Waals surface area contributed by atoms with E-state index in [9.17, 15) is 19.2 Å². The molecule has 4 heterocycles. The maximum absolute atomic E-state index is 11.9. The van der Waals surface area contributed by atoms with Gasteiger partial charge < -0.3 is 4.74 Å². The molecule has 0 aromatic carbocycles. The van der Waals surface area contributed by atoms with Gasteiger partial charge in [-0.3, -0.25) is 24.4 Å². The van der Waals surface area contributed by atoms with Gasteiger partial charge >= 0.3 is 5.97 Å². The standard InChI is InChI=1S/C13H9BrN2O2.C8H8BrNO2.C7H7NO/c14-13-5-1-4-10(16-13)12(18)7-11(17)9-3-2-6-15-8-9;1-2-12-8(11)6-4-3-5-7(9)10-6;1-6(9)7-3-2-4-8-5-7/h1-6,8H,7H2;3-5H,2H2,1H3;2-5H,1H3. The van der Waals surface area contributed by atoms with Gasteiger partial charge in [0.05, 0.1) is 13.0 Å². The molecule has 0 bridgehead atoms. The Balaban J connectivity index is 0.000000220. The van der Waals surface area contributed by atoms with Crippen LogP contribution in [-0.4, -0.2) is 49.9 Å². The molecule has 0 spiro atoms. The molecule has 9 nitrogen and oxygen atoms in total. The van der Waals surface area contributed by atoms with Crippen molar-refractivity contribution in [3.63, 3.8) is 0 Å². The summed E-state index contributed by atoms with van der Waals surface area (Å²) in [7, 11) is 0. The summed E-state index contributed by atoms with van der Waals surface area (Å²) in [5, 5.41) is 0. The van der Waals surface area contributed by atoms with Crippen LogP contribution in [-0.2, 0) is 4.74 Å². The zero-order valence-electron chi connectivity index (χ0n) is 21.1. The minimum absolute atomic E-state index is 0.0584. The summed E-state index contributed by atoms with van der Waals surface area (Å²) >= 11 is 6.35. The maximum Gasteiger partial charge on any atom is 0.356 e. The molecule has 4 aromatic rings. The summed E-state index contributed by atoms with van der Waals surface area (Å²) < 4.78 is 5.96. The lowest BCUT2D eigenvalue weighted by Gasteiger charge is -2.00. The van der Waals surface area contributed by atoms with Crippen LogP contribution in [0.5, 0.6) is 0 Å². The summed E-state index contributed by atoms with van der Waals surface area (Å²) in [6.45, 7) is 3.65. The third kappa shape index (κ3) is 11.5. The first-order valence-corrected chi connectivity index (χ1v) is 13.1. The third-order valence-corrected chi connectivity index (χ3v) is 5.46. The first kappa shape index (κ1) is 31.3. The van der Waals surface area contributed by atoms with Crippen LogP contribution in [0.15, 0.2) is 94.7 Å². The number of esters is 1. The van der Waals surface area contributed by atoms with Crippen molar-refractivity contribution in [3.8, 4) is 0 Å². The molecule has 0 radical (unpaired) electrons. The molecule has 0 aliphatic rings. The molecular formula is C28H24Br2N4O5. The molecule has 0 aliphatic heterocycles. The Kier molecular flexibility index (Phi) is 13.5. The van der Waals surface area contributed by atoms with E-state index in [4.69, 9.17) is 4.74 Å². The molecule has 4 rings (SSSR count). The van der Waals surface area contributed by atoms with E-state index in [0.29, 0.717) is 32.6 Å². The number of ketones is 3. The highest BCUT2D eigenvalue weighted by molar-refractivity contribution is 9.10. The van der Waals surface area contributed by atoms with Gasteiger partial charge in [-0.05, 0) is 94.2 Å². The Labute approximate surface area is 242 Å². The van der Waals surface area contributed by atoms with Crippen LogP contribution in [0.1, 0.15) is 62.0 Å². The van der Waals surface area contributed by atoms with Gasteiger partial charge in [0.25, 0.3) is 0 Å². The number of Topliss-reactive ketones (excluding diaryl/α,β-unsaturated/α-hetero) is 3. The number of hydrogen-bond donors (Lipinski definition) is 0. The second-order valence-corrected chi connectivity index (χ2v) is 9.10. The molecule has 39 heavy (non-hydrogen) atoms. The van der Waals surface area contributed by atoms with Crippen molar-refractivity contribution in [2.24, 2.45) is 0 Å². The van der Waals surface area contributed by atoms with Gasteiger partial charge in [0.15, 0.2) is 17.3 Å². The maximum atomic E-state index is 11.9. The van der Waals surface area contributed by atoms with E-state index >= 15 is 0 Å². The van der Waals surface area contributed by atoms with Crippen molar-refractivity contribution < 1.29 is 23.9 Å². The Hall–Kier alpha value is -3.96. The summed E-state index contributed by atoms with van der Waals surface area (Å²) in [6, 6.07) is 16.9. The number of rotatable bonds is 7. The van der Waals surface area contributed by atoms with E-state index < -0.39 is 0 Å². The number of ether oxygens (including phenoxy) is 1. The average molecular weight is 656 g/mol. The van der Waals surface area contributed by atoms with Gasteiger partial charge in [-0.2, -0.15) is 0 Å². The number of halogens is 2. The van der Waals surface area contributed by atoms with E-state index in [1.54, 1.807) is 86.2 Å². The quantitative estimate of drug-likeness (QED) is 0.102. The van der Waals surface area contributed by atoms with Crippen LogP contribution in [0, 0.1) is 0 Å². The summed E-state index contributed by atoms with van der Waals surface area (Å²) in [5.41, 5.74) is 1.70. The second-order valence-electron chi connectivity index (χ2n) is 7.47. The normalized spacial score (nSPS) is 9.64. The van der Waals surface area contributed by atoms with Crippen molar-refractivity contribution in [1.82, 2.24) is 19.9 Å². The lowest BCUT2D eigenvalue weighted by Crippen LogP contribution is -2.10. The molecule has 0 fully saturated rings. The second kappa shape index (κ2) is 16.8. The number of nitrogens with zero attached hydrogens (tertiary/aromatic N) is 4. The molecule has 0 N–H and O–H groups in total. The van der Waals surface area contributed by atoms with Gasteiger partial charge in [-0.1, -0.05) is 12.1 Å². The fourth-order valence-electron chi connectivity index (χ4n) is 2.73. The molecule has 0 saturated carbocycles. The van der Waals surface area contributed by atoms with Crippen LogP contribution in [0.3, 0.4) is 0 Å². The predicted octanol–water partition coefficient (Wildman–Crippen LogP) is 6.00. The average Bonchev–Trinajstić information content (AvgIpc) is 2.95. The van der Waals surface area contributed by atoms with Crippen molar-refractivity contribution in [3.05, 3.63) is 117 Å². The summed E-state index contributed by atoms with van der Waals surface area (Å²) in [4.78, 5) is 60.9. The molecule has 0 saturated heterocycles. The number of pyridine rings is 4. The molecule has 0 unspecified atom stereocenters. The highest BCUT2D eigenvalue weighted by Gasteiger charge is 2.15.